The second kappa shape index (κ2) is 4.18. The Balaban J connectivity index is 2.87. The maximum atomic E-state index is 13.7. The smallest absolute Gasteiger partial charge is 0.135 e. The Hall–Kier alpha value is -0.440. The molecule has 0 heterocycles. The number of hydrogen-bond acceptors (Lipinski definition) is 0. The Morgan fingerprint density at radius 1 is 1.31 bits per heavy atom. The zero-order valence-electron chi connectivity index (χ0n) is 7.36. The SMILES string of the molecule is CC(F)(CCF)c1ccc(Br)cc1. The summed E-state index contributed by atoms with van der Waals surface area (Å²) in [5.41, 5.74) is -1.04. The first kappa shape index (κ1) is 10.6. The fourth-order valence-corrected chi connectivity index (χ4v) is 1.38. The van der Waals surface area contributed by atoms with E-state index in [0.717, 1.165) is 4.47 Å². The minimum atomic E-state index is -1.56. The molecule has 0 radical (unpaired) electrons. The summed E-state index contributed by atoms with van der Waals surface area (Å²) >= 11 is 3.25. The molecule has 0 nitrogen and oxygen atoms in total. The van der Waals surface area contributed by atoms with E-state index in [2.05, 4.69) is 15.9 Å². The number of halogens is 3. The van der Waals surface area contributed by atoms with Crippen molar-refractivity contribution < 1.29 is 8.78 Å². The largest absolute Gasteiger partial charge is 0.251 e. The van der Waals surface area contributed by atoms with E-state index in [-0.39, 0.29) is 6.42 Å². The highest BCUT2D eigenvalue weighted by atomic mass is 79.9. The monoisotopic (exact) mass is 248 g/mol. The quantitative estimate of drug-likeness (QED) is 0.759. The van der Waals surface area contributed by atoms with Gasteiger partial charge in [-0.3, -0.25) is 4.39 Å². The first-order chi connectivity index (χ1) is 6.06. The first-order valence-corrected chi connectivity index (χ1v) is 4.86. The van der Waals surface area contributed by atoms with Gasteiger partial charge in [-0.15, -0.1) is 0 Å². The van der Waals surface area contributed by atoms with Crippen LogP contribution in [0.4, 0.5) is 8.78 Å². The van der Waals surface area contributed by atoms with Gasteiger partial charge in [0.2, 0.25) is 0 Å². The van der Waals surface area contributed by atoms with Crippen LogP contribution in [0.25, 0.3) is 0 Å². The van der Waals surface area contributed by atoms with Crippen LogP contribution in [0.15, 0.2) is 28.7 Å². The zero-order valence-corrected chi connectivity index (χ0v) is 8.94. The Labute approximate surface area is 85.1 Å². The molecule has 13 heavy (non-hydrogen) atoms. The molecule has 0 saturated heterocycles. The minimum Gasteiger partial charge on any atom is -0.251 e. The van der Waals surface area contributed by atoms with Crippen molar-refractivity contribution in [2.75, 3.05) is 6.67 Å². The van der Waals surface area contributed by atoms with Crippen molar-refractivity contribution in [3.63, 3.8) is 0 Å². The third kappa shape index (κ3) is 2.76. The summed E-state index contributed by atoms with van der Waals surface area (Å²) in [5.74, 6) is 0. The summed E-state index contributed by atoms with van der Waals surface area (Å²) in [6, 6.07) is 6.84. The van der Waals surface area contributed by atoms with Crippen molar-refractivity contribution in [3.8, 4) is 0 Å². The summed E-state index contributed by atoms with van der Waals surface area (Å²) in [6.45, 7) is 0.763. The normalized spacial score (nSPS) is 15.4. The summed E-state index contributed by atoms with van der Waals surface area (Å²) in [4.78, 5) is 0. The molecule has 1 rings (SSSR count). The van der Waals surface area contributed by atoms with E-state index in [1.807, 2.05) is 0 Å². The molecular formula is C10H11BrF2. The molecule has 0 N–H and O–H groups in total. The predicted octanol–water partition coefficient (Wildman–Crippen LogP) is 3.99. The van der Waals surface area contributed by atoms with E-state index in [1.165, 1.54) is 6.92 Å². The minimum absolute atomic E-state index is 0.0887. The van der Waals surface area contributed by atoms with E-state index in [0.29, 0.717) is 5.56 Å². The molecule has 1 atom stereocenters. The maximum absolute atomic E-state index is 13.7. The molecule has 1 aromatic carbocycles. The van der Waals surface area contributed by atoms with Gasteiger partial charge in [-0.05, 0) is 24.6 Å². The van der Waals surface area contributed by atoms with E-state index < -0.39 is 12.3 Å². The molecule has 1 aromatic rings. The molecule has 0 spiro atoms. The number of rotatable bonds is 3. The summed E-state index contributed by atoms with van der Waals surface area (Å²) in [5, 5.41) is 0. The Morgan fingerprint density at radius 3 is 2.31 bits per heavy atom. The van der Waals surface area contributed by atoms with Gasteiger partial charge in [0.1, 0.15) is 5.67 Å². The molecule has 0 aliphatic heterocycles. The Morgan fingerprint density at radius 2 is 1.85 bits per heavy atom. The molecule has 0 amide bonds. The van der Waals surface area contributed by atoms with Crippen LogP contribution in [-0.4, -0.2) is 6.67 Å². The van der Waals surface area contributed by atoms with Gasteiger partial charge in [0, 0.05) is 10.9 Å². The first-order valence-electron chi connectivity index (χ1n) is 4.07. The van der Waals surface area contributed by atoms with Crippen LogP contribution in [0.3, 0.4) is 0 Å². The molecule has 0 saturated carbocycles. The molecule has 0 bridgehead atoms. The van der Waals surface area contributed by atoms with Crippen LogP contribution >= 0.6 is 15.9 Å². The van der Waals surface area contributed by atoms with Crippen molar-refractivity contribution in [2.45, 2.75) is 19.0 Å². The van der Waals surface area contributed by atoms with Gasteiger partial charge in [0.25, 0.3) is 0 Å². The van der Waals surface area contributed by atoms with Crippen LogP contribution in [0.2, 0.25) is 0 Å². The van der Waals surface area contributed by atoms with E-state index in [9.17, 15) is 8.78 Å². The number of alkyl halides is 2. The van der Waals surface area contributed by atoms with E-state index >= 15 is 0 Å². The lowest BCUT2D eigenvalue weighted by atomic mass is 9.95. The van der Waals surface area contributed by atoms with Gasteiger partial charge in [0.05, 0.1) is 6.67 Å². The fourth-order valence-electron chi connectivity index (χ4n) is 1.12. The van der Waals surface area contributed by atoms with Gasteiger partial charge in [-0.1, -0.05) is 28.1 Å². The second-order valence-corrected chi connectivity index (χ2v) is 4.06. The third-order valence-corrected chi connectivity index (χ3v) is 2.54. The molecule has 1 unspecified atom stereocenters. The molecule has 0 aliphatic carbocycles. The van der Waals surface area contributed by atoms with E-state index in [1.54, 1.807) is 24.3 Å². The summed E-state index contributed by atoms with van der Waals surface area (Å²) in [6.07, 6.45) is -0.0887. The highest BCUT2D eigenvalue weighted by Crippen LogP contribution is 2.29. The van der Waals surface area contributed by atoms with Crippen molar-refractivity contribution in [3.05, 3.63) is 34.3 Å². The van der Waals surface area contributed by atoms with Crippen molar-refractivity contribution >= 4 is 15.9 Å². The van der Waals surface area contributed by atoms with Gasteiger partial charge in [0.15, 0.2) is 0 Å². The van der Waals surface area contributed by atoms with Crippen LogP contribution in [0.1, 0.15) is 18.9 Å². The molecule has 0 aromatic heterocycles. The topological polar surface area (TPSA) is 0 Å². The molecule has 0 fully saturated rings. The Bertz CT molecular complexity index is 267. The van der Waals surface area contributed by atoms with Crippen molar-refractivity contribution in [2.24, 2.45) is 0 Å². The van der Waals surface area contributed by atoms with Crippen LogP contribution in [-0.2, 0) is 5.67 Å². The lowest BCUT2D eigenvalue weighted by Gasteiger charge is -2.18. The molecule has 72 valence electrons. The highest BCUT2D eigenvalue weighted by Gasteiger charge is 2.24. The Kier molecular flexibility index (Phi) is 3.42. The number of hydrogen-bond donors (Lipinski definition) is 0. The maximum Gasteiger partial charge on any atom is 0.135 e. The van der Waals surface area contributed by atoms with Crippen molar-refractivity contribution in [1.29, 1.82) is 0 Å². The van der Waals surface area contributed by atoms with Crippen LogP contribution in [0.5, 0.6) is 0 Å². The predicted molar refractivity (Wildman–Crippen MR) is 53.2 cm³/mol. The second-order valence-electron chi connectivity index (χ2n) is 3.14. The van der Waals surface area contributed by atoms with Gasteiger partial charge in [-0.25, -0.2) is 4.39 Å². The summed E-state index contributed by atoms with van der Waals surface area (Å²) < 4.78 is 26.6. The van der Waals surface area contributed by atoms with E-state index in [4.69, 9.17) is 0 Å². The molecule has 0 aliphatic rings. The number of benzene rings is 1. The summed E-state index contributed by atoms with van der Waals surface area (Å²) in [7, 11) is 0. The molecular weight excluding hydrogens is 238 g/mol. The average Bonchev–Trinajstić information content (AvgIpc) is 2.05. The van der Waals surface area contributed by atoms with Gasteiger partial charge in [-0.2, -0.15) is 0 Å². The molecule has 3 heteroatoms. The van der Waals surface area contributed by atoms with Crippen molar-refractivity contribution in [1.82, 2.24) is 0 Å². The highest BCUT2D eigenvalue weighted by molar-refractivity contribution is 9.10. The van der Waals surface area contributed by atoms with Crippen LogP contribution < -0.4 is 0 Å². The third-order valence-electron chi connectivity index (χ3n) is 2.01. The zero-order chi connectivity index (χ0) is 9.90. The average molecular weight is 249 g/mol. The lowest BCUT2D eigenvalue weighted by molar-refractivity contribution is 0.161. The van der Waals surface area contributed by atoms with Crippen LogP contribution in [0, 0.1) is 0 Å². The standard InChI is InChI=1S/C10H11BrF2/c1-10(13,6-7-12)8-2-4-9(11)5-3-8/h2-5H,6-7H2,1H3. The van der Waals surface area contributed by atoms with Gasteiger partial charge < -0.3 is 0 Å². The van der Waals surface area contributed by atoms with Gasteiger partial charge >= 0.3 is 0 Å². The lowest BCUT2D eigenvalue weighted by Crippen LogP contribution is -2.15. The fraction of sp³-hybridized carbons (Fsp3) is 0.400.